The van der Waals surface area contributed by atoms with Gasteiger partial charge in [0, 0.05) is 43.1 Å². The van der Waals surface area contributed by atoms with Crippen LogP contribution >= 0.6 is 11.3 Å². The Morgan fingerprint density at radius 3 is 2.56 bits per heavy atom. The molecule has 0 unspecified atom stereocenters. The van der Waals surface area contributed by atoms with E-state index >= 15 is 0 Å². The van der Waals surface area contributed by atoms with Gasteiger partial charge in [0.25, 0.3) is 0 Å². The third-order valence-electron chi connectivity index (χ3n) is 5.49. The van der Waals surface area contributed by atoms with Crippen LogP contribution in [0.1, 0.15) is 28.8 Å². The molecule has 0 bridgehead atoms. The lowest BCUT2D eigenvalue weighted by molar-refractivity contribution is -0.140. The lowest BCUT2D eigenvalue weighted by Crippen LogP contribution is -2.45. The highest BCUT2D eigenvalue weighted by Crippen LogP contribution is 2.27. The summed E-state index contributed by atoms with van der Waals surface area (Å²) >= 11 is 1.79. The summed E-state index contributed by atoms with van der Waals surface area (Å²) in [5, 5.41) is 2.12. The van der Waals surface area contributed by atoms with Crippen molar-refractivity contribution in [2.45, 2.75) is 25.8 Å². The average molecular weight is 381 g/mol. The van der Waals surface area contributed by atoms with Gasteiger partial charge in [-0.05, 0) is 47.9 Å². The summed E-state index contributed by atoms with van der Waals surface area (Å²) in [5.41, 5.74) is 2.33. The number of likely N-dealkylation sites (tertiary alicyclic amines) is 1. The minimum atomic E-state index is 0.0330. The third-order valence-corrected chi connectivity index (χ3v) is 6.52. The first-order chi connectivity index (χ1) is 13.2. The number of nitrogens with zero attached hydrogens (tertiary/aromatic N) is 2. The maximum absolute atomic E-state index is 12.9. The maximum Gasteiger partial charge on any atom is 0.246 e. The van der Waals surface area contributed by atoms with Crippen LogP contribution in [0.25, 0.3) is 6.08 Å². The standard InChI is InChI=1S/C22H24N2O2S/c25-21(7-6-17-4-2-1-3-5-17)23-12-8-18(9-13-23)22(26)24-14-10-20-19(16-24)11-15-27-20/h1-7,11,15,18H,8-10,12-14,16H2. The average Bonchev–Trinajstić information content (AvgIpc) is 3.20. The summed E-state index contributed by atoms with van der Waals surface area (Å²) in [6.07, 6.45) is 5.99. The van der Waals surface area contributed by atoms with Crippen LogP contribution in [0.15, 0.2) is 47.9 Å². The molecule has 3 heterocycles. The number of amides is 2. The zero-order valence-electron chi connectivity index (χ0n) is 15.3. The van der Waals surface area contributed by atoms with Crippen LogP contribution in [0.4, 0.5) is 0 Å². The van der Waals surface area contributed by atoms with E-state index in [-0.39, 0.29) is 17.7 Å². The Kier molecular flexibility index (Phi) is 5.39. The summed E-state index contributed by atoms with van der Waals surface area (Å²) in [5.74, 6) is 0.344. The zero-order valence-corrected chi connectivity index (χ0v) is 16.2. The fourth-order valence-electron chi connectivity index (χ4n) is 3.88. The van der Waals surface area contributed by atoms with E-state index in [2.05, 4.69) is 11.4 Å². The van der Waals surface area contributed by atoms with Crippen LogP contribution in [-0.4, -0.2) is 41.2 Å². The molecular weight excluding hydrogens is 356 g/mol. The van der Waals surface area contributed by atoms with Crippen LogP contribution in [0.2, 0.25) is 0 Å². The van der Waals surface area contributed by atoms with Gasteiger partial charge in [0.05, 0.1) is 0 Å². The quantitative estimate of drug-likeness (QED) is 0.764. The van der Waals surface area contributed by atoms with Crippen molar-refractivity contribution in [3.05, 3.63) is 63.9 Å². The Hall–Kier alpha value is -2.40. The molecule has 0 saturated carbocycles. The van der Waals surface area contributed by atoms with Gasteiger partial charge in [-0.2, -0.15) is 0 Å². The largest absolute Gasteiger partial charge is 0.339 e. The van der Waals surface area contributed by atoms with Gasteiger partial charge in [-0.15, -0.1) is 11.3 Å². The minimum Gasteiger partial charge on any atom is -0.339 e. The fourth-order valence-corrected chi connectivity index (χ4v) is 4.77. The van der Waals surface area contributed by atoms with Gasteiger partial charge < -0.3 is 9.80 Å². The number of thiophene rings is 1. The van der Waals surface area contributed by atoms with Crippen molar-refractivity contribution >= 4 is 29.2 Å². The second-order valence-corrected chi connectivity index (χ2v) is 8.22. The van der Waals surface area contributed by atoms with Crippen molar-refractivity contribution in [3.63, 3.8) is 0 Å². The fraction of sp³-hybridized carbons (Fsp3) is 0.364. The van der Waals surface area contributed by atoms with Gasteiger partial charge in [0.2, 0.25) is 11.8 Å². The van der Waals surface area contributed by atoms with Gasteiger partial charge >= 0.3 is 0 Å². The van der Waals surface area contributed by atoms with E-state index in [4.69, 9.17) is 0 Å². The highest BCUT2D eigenvalue weighted by Gasteiger charge is 2.31. The summed E-state index contributed by atoms with van der Waals surface area (Å²) in [7, 11) is 0. The second kappa shape index (κ2) is 8.09. The van der Waals surface area contributed by atoms with E-state index in [9.17, 15) is 9.59 Å². The van der Waals surface area contributed by atoms with E-state index in [1.54, 1.807) is 17.4 Å². The molecule has 1 saturated heterocycles. The Morgan fingerprint density at radius 1 is 1.00 bits per heavy atom. The van der Waals surface area contributed by atoms with Crippen molar-refractivity contribution in [2.75, 3.05) is 19.6 Å². The summed E-state index contributed by atoms with van der Waals surface area (Å²) in [6, 6.07) is 12.0. The highest BCUT2D eigenvalue weighted by atomic mass is 32.1. The van der Waals surface area contributed by atoms with Crippen molar-refractivity contribution < 1.29 is 9.59 Å². The number of hydrogen-bond donors (Lipinski definition) is 0. The van der Waals surface area contributed by atoms with Crippen molar-refractivity contribution in [3.8, 4) is 0 Å². The van der Waals surface area contributed by atoms with Gasteiger partial charge in [-0.3, -0.25) is 9.59 Å². The normalized spacial score (nSPS) is 17.9. The van der Waals surface area contributed by atoms with E-state index in [0.717, 1.165) is 37.9 Å². The number of fused-ring (bicyclic) bond motifs is 1. The smallest absolute Gasteiger partial charge is 0.246 e. The summed E-state index contributed by atoms with van der Waals surface area (Å²) < 4.78 is 0. The van der Waals surface area contributed by atoms with Crippen LogP contribution < -0.4 is 0 Å². The van der Waals surface area contributed by atoms with Crippen LogP contribution in [-0.2, 0) is 22.6 Å². The van der Waals surface area contributed by atoms with Gasteiger partial charge in [-0.1, -0.05) is 30.3 Å². The Morgan fingerprint density at radius 2 is 1.78 bits per heavy atom. The second-order valence-electron chi connectivity index (χ2n) is 7.22. The monoisotopic (exact) mass is 380 g/mol. The minimum absolute atomic E-state index is 0.0330. The highest BCUT2D eigenvalue weighted by molar-refractivity contribution is 7.10. The molecule has 0 atom stereocenters. The number of carbonyl (C=O) groups excluding carboxylic acids is 2. The van der Waals surface area contributed by atoms with Crippen molar-refractivity contribution in [1.82, 2.24) is 9.80 Å². The lowest BCUT2D eigenvalue weighted by atomic mass is 9.94. The molecule has 4 nitrogen and oxygen atoms in total. The maximum atomic E-state index is 12.9. The molecule has 1 aromatic heterocycles. The molecule has 0 N–H and O–H groups in total. The van der Waals surface area contributed by atoms with Crippen LogP contribution in [0.3, 0.4) is 0 Å². The lowest BCUT2D eigenvalue weighted by Gasteiger charge is -2.35. The van der Waals surface area contributed by atoms with Crippen LogP contribution in [0.5, 0.6) is 0 Å². The molecule has 27 heavy (non-hydrogen) atoms. The molecule has 1 aromatic carbocycles. The summed E-state index contributed by atoms with van der Waals surface area (Å²) in [4.78, 5) is 30.6. The SMILES string of the molecule is O=C(C=Cc1ccccc1)N1CCC(C(=O)N2CCc3sccc3C2)CC1. The van der Waals surface area contributed by atoms with Gasteiger partial charge in [-0.25, -0.2) is 0 Å². The molecule has 1 fully saturated rings. The molecule has 140 valence electrons. The molecule has 0 aliphatic carbocycles. The molecule has 2 amide bonds. The topological polar surface area (TPSA) is 40.6 Å². The zero-order chi connectivity index (χ0) is 18.6. The molecule has 4 rings (SSSR count). The van der Waals surface area contributed by atoms with E-state index < -0.39 is 0 Å². The van der Waals surface area contributed by atoms with Crippen molar-refractivity contribution in [1.29, 1.82) is 0 Å². The Labute approximate surface area is 164 Å². The molecular formula is C22H24N2O2S. The first-order valence-electron chi connectivity index (χ1n) is 9.57. The Balaban J connectivity index is 1.29. The third kappa shape index (κ3) is 4.14. The molecule has 2 aliphatic rings. The molecule has 0 spiro atoms. The molecule has 5 heteroatoms. The Bertz CT molecular complexity index is 835. The molecule has 2 aromatic rings. The van der Waals surface area contributed by atoms with E-state index in [1.165, 1.54) is 10.4 Å². The van der Waals surface area contributed by atoms with Crippen molar-refractivity contribution in [2.24, 2.45) is 5.92 Å². The van der Waals surface area contributed by atoms with Crippen LogP contribution in [0, 0.1) is 5.92 Å². The molecule has 0 radical (unpaired) electrons. The van der Waals surface area contributed by atoms with Gasteiger partial charge in [0.15, 0.2) is 0 Å². The number of carbonyl (C=O) groups is 2. The first-order valence-corrected chi connectivity index (χ1v) is 10.4. The number of benzene rings is 1. The number of hydrogen-bond acceptors (Lipinski definition) is 3. The van der Waals surface area contributed by atoms with E-state index in [0.29, 0.717) is 13.1 Å². The van der Waals surface area contributed by atoms with Gasteiger partial charge in [0.1, 0.15) is 0 Å². The predicted molar refractivity (Wildman–Crippen MR) is 108 cm³/mol. The molecule has 2 aliphatic heterocycles. The summed E-state index contributed by atoms with van der Waals surface area (Å²) in [6.45, 7) is 2.89. The van der Waals surface area contributed by atoms with E-state index in [1.807, 2.05) is 46.2 Å². The number of rotatable bonds is 3. The predicted octanol–water partition coefficient (Wildman–Crippen LogP) is 3.58. The number of piperidine rings is 1. The first kappa shape index (κ1) is 18.0.